The lowest BCUT2D eigenvalue weighted by molar-refractivity contribution is 0.604. The summed E-state index contributed by atoms with van der Waals surface area (Å²) in [4.78, 5) is 0. The Morgan fingerprint density at radius 3 is 2.18 bits per heavy atom. The van der Waals surface area contributed by atoms with Gasteiger partial charge in [0.15, 0.2) is 12.5 Å². The van der Waals surface area contributed by atoms with Crippen LogP contribution in [0, 0.1) is 0 Å². The van der Waals surface area contributed by atoms with Gasteiger partial charge in [-0.1, -0.05) is 30.3 Å². The van der Waals surface area contributed by atoms with Gasteiger partial charge in [-0.25, -0.2) is 0 Å². The molecule has 0 saturated heterocycles. The average Bonchev–Trinajstić information content (AvgIpc) is 2.11. The zero-order valence-corrected chi connectivity index (χ0v) is 7.36. The molecule has 0 atom stereocenters. The van der Waals surface area contributed by atoms with Crippen LogP contribution >= 0.6 is 0 Å². The Hall–Kier alpha value is -0.740. The fourth-order valence-electron chi connectivity index (χ4n) is 0.642. The van der Waals surface area contributed by atoms with Crippen molar-refractivity contribution in [3.05, 3.63) is 35.9 Å². The predicted molar refractivity (Wildman–Crippen MR) is 46.3 cm³/mol. The van der Waals surface area contributed by atoms with Crippen LogP contribution in [0.3, 0.4) is 0 Å². The van der Waals surface area contributed by atoms with Crippen molar-refractivity contribution in [3.63, 3.8) is 0 Å². The third kappa shape index (κ3) is 4.64. The van der Waals surface area contributed by atoms with E-state index in [2.05, 4.69) is 12.5 Å². The standard InChI is InChI=1S/C7H7OS.OS/c8-9-6-7-4-2-1-3-5-7;1-2/h1-5H,6H2;/q+1;. The summed E-state index contributed by atoms with van der Waals surface area (Å²) >= 11 is 3.44. The fraction of sp³-hybridized carbons (Fsp3) is 0.143. The van der Waals surface area contributed by atoms with Crippen LogP contribution in [0.2, 0.25) is 0 Å². The Morgan fingerprint density at radius 1 is 1.18 bits per heavy atom. The van der Waals surface area contributed by atoms with Crippen molar-refractivity contribution in [3.8, 4) is 0 Å². The summed E-state index contributed by atoms with van der Waals surface area (Å²) in [5, 5.41) is 0. The molecule has 0 N–H and O–H groups in total. The molecule has 0 amide bonds. The van der Waals surface area contributed by atoms with Crippen molar-refractivity contribution in [2.45, 2.75) is 5.75 Å². The maximum absolute atomic E-state index is 10.0. The summed E-state index contributed by atoms with van der Waals surface area (Å²) in [6, 6.07) is 9.71. The van der Waals surface area contributed by atoms with Gasteiger partial charge in [-0.05, 0) is 0 Å². The molecule has 0 bridgehead atoms. The highest BCUT2D eigenvalue weighted by molar-refractivity contribution is 7.64. The van der Waals surface area contributed by atoms with Gasteiger partial charge in [0.1, 0.15) is 0 Å². The summed E-state index contributed by atoms with van der Waals surface area (Å²) in [7, 11) is 0. The molecule has 0 radical (unpaired) electrons. The Bertz CT molecular complexity index is 201. The summed E-state index contributed by atoms with van der Waals surface area (Å²) in [6.07, 6.45) is 0. The molecule has 0 saturated carbocycles. The Morgan fingerprint density at radius 2 is 1.73 bits per heavy atom. The van der Waals surface area contributed by atoms with Crippen LogP contribution in [0.25, 0.3) is 0 Å². The SMILES string of the molecule is O=S.O=[S+]Cc1ccccc1. The summed E-state index contributed by atoms with van der Waals surface area (Å²) < 4.78 is 17.8. The molecule has 0 unspecified atom stereocenters. The summed E-state index contributed by atoms with van der Waals surface area (Å²) in [5.41, 5.74) is 1.09. The third-order valence-electron chi connectivity index (χ3n) is 1.07. The van der Waals surface area contributed by atoms with Gasteiger partial charge in [0.05, 0.1) is 0 Å². The van der Waals surface area contributed by atoms with Gasteiger partial charge in [-0.3, -0.25) is 0 Å². The van der Waals surface area contributed by atoms with E-state index in [0.717, 1.165) is 5.56 Å². The summed E-state index contributed by atoms with van der Waals surface area (Å²) in [6.45, 7) is 0. The van der Waals surface area contributed by atoms with Crippen molar-refractivity contribution in [2.24, 2.45) is 0 Å². The number of benzene rings is 1. The van der Waals surface area contributed by atoms with Gasteiger partial charge in [0, 0.05) is 9.77 Å². The quantitative estimate of drug-likeness (QED) is 0.654. The lowest BCUT2D eigenvalue weighted by Crippen LogP contribution is -1.77. The first kappa shape index (κ1) is 10.3. The lowest BCUT2D eigenvalue weighted by atomic mass is 10.2. The molecule has 2 nitrogen and oxygen atoms in total. The van der Waals surface area contributed by atoms with E-state index in [1.807, 2.05) is 30.3 Å². The molecule has 4 heteroatoms. The van der Waals surface area contributed by atoms with Gasteiger partial charge >= 0.3 is 11.7 Å². The number of hydrogen-bond acceptors (Lipinski definition) is 3. The Kier molecular flexibility index (Phi) is 6.87. The molecular weight excluding hydrogens is 180 g/mol. The first-order valence-corrected chi connectivity index (χ1v) is 4.13. The molecule has 0 aromatic heterocycles. The predicted octanol–water partition coefficient (Wildman–Crippen LogP) is 1.28. The average molecular weight is 187 g/mol. The minimum Gasteiger partial charge on any atom is -0.197 e. The molecule has 0 aliphatic heterocycles. The van der Waals surface area contributed by atoms with E-state index in [9.17, 15) is 4.21 Å². The highest BCUT2D eigenvalue weighted by atomic mass is 32.1. The number of hydrogen-bond donors (Lipinski definition) is 0. The van der Waals surface area contributed by atoms with Crippen LogP contribution in [0.5, 0.6) is 0 Å². The number of rotatable bonds is 2. The zero-order chi connectivity index (χ0) is 8.53. The van der Waals surface area contributed by atoms with Gasteiger partial charge < -0.3 is 0 Å². The lowest BCUT2D eigenvalue weighted by Gasteiger charge is -1.82. The molecule has 0 spiro atoms. The van der Waals surface area contributed by atoms with E-state index in [1.165, 1.54) is 0 Å². The molecular formula is C7H7O2S2+. The van der Waals surface area contributed by atoms with E-state index in [1.54, 1.807) is 0 Å². The topological polar surface area (TPSA) is 34.1 Å². The molecule has 1 aromatic carbocycles. The third-order valence-corrected chi connectivity index (χ3v) is 1.52. The monoisotopic (exact) mass is 187 g/mol. The maximum atomic E-state index is 10.0. The van der Waals surface area contributed by atoms with Crippen LogP contribution in [-0.2, 0) is 34.2 Å². The molecule has 0 aliphatic rings. The smallest absolute Gasteiger partial charge is 0.197 e. The van der Waals surface area contributed by atoms with Crippen LogP contribution in [0.1, 0.15) is 5.56 Å². The van der Waals surface area contributed by atoms with Crippen LogP contribution < -0.4 is 0 Å². The summed E-state index contributed by atoms with van der Waals surface area (Å²) in [5.74, 6) is 0.570. The first-order valence-electron chi connectivity index (χ1n) is 2.89. The Labute approximate surface area is 74.6 Å². The minimum atomic E-state index is 0.570. The van der Waals surface area contributed by atoms with Gasteiger partial charge in [0.25, 0.3) is 5.75 Å². The minimum absolute atomic E-state index is 0.570. The van der Waals surface area contributed by atoms with Crippen molar-refractivity contribution < 1.29 is 8.42 Å². The largest absolute Gasteiger partial charge is 0.463 e. The second-order valence-electron chi connectivity index (χ2n) is 1.75. The zero-order valence-electron chi connectivity index (χ0n) is 5.73. The van der Waals surface area contributed by atoms with Gasteiger partial charge in [-0.15, -0.1) is 0 Å². The first-order chi connectivity index (χ1) is 5.43. The molecule has 0 fully saturated rings. The van der Waals surface area contributed by atoms with E-state index < -0.39 is 0 Å². The Balaban J connectivity index is 0.000000461. The van der Waals surface area contributed by atoms with Crippen LogP contribution in [-0.4, -0.2) is 4.21 Å². The van der Waals surface area contributed by atoms with E-state index in [4.69, 9.17) is 4.21 Å². The highest BCUT2D eigenvalue weighted by Gasteiger charge is 1.97. The molecule has 1 aromatic rings. The normalized spacial score (nSPS) is 7.64. The second-order valence-corrected chi connectivity index (χ2v) is 2.27. The van der Waals surface area contributed by atoms with Crippen LogP contribution in [0.4, 0.5) is 0 Å². The molecule has 11 heavy (non-hydrogen) atoms. The maximum Gasteiger partial charge on any atom is 0.463 e. The highest BCUT2D eigenvalue weighted by Crippen LogP contribution is 1.97. The van der Waals surface area contributed by atoms with E-state index >= 15 is 0 Å². The second kappa shape index (κ2) is 7.37. The van der Waals surface area contributed by atoms with Crippen molar-refractivity contribution >= 4 is 24.2 Å². The molecule has 58 valence electrons. The van der Waals surface area contributed by atoms with Crippen LogP contribution in [0.15, 0.2) is 30.3 Å². The molecule has 0 aliphatic carbocycles. The van der Waals surface area contributed by atoms with E-state index in [0.29, 0.717) is 17.4 Å². The molecule has 0 heterocycles. The fourth-order valence-corrected chi connectivity index (χ4v) is 0.971. The van der Waals surface area contributed by atoms with Crippen molar-refractivity contribution in [1.29, 1.82) is 0 Å². The van der Waals surface area contributed by atoms with Crippen molar-refractivity contribution in [2.75, 3.05) is 0 Å². The van der Waals surface area contributed by atoms with E-state index in [-0.39, 0.29) is 0 Å². The van der Waals surface area contributed by atoms with Gasteiger partial charge in [0.2, 0.25) is 0 Å². The van der Waals surface area contributed by atoms with Crippen molar-refractivity contribution in [1.82, 2.24) is 0 Å². The van der Waals surface area contributed by atoms with Gasteiger partial charge in [-0.2, -0.15) is 4.21 Å². The molecule has 1 rings (SSSR count).